The second-order valence-corrected chi connectivity index (χ2v) is 9.56. The zero-order valence-electron chi connectivity index (χ0n) is 17.2. The SMILES string of the molecule is COc1ccc2cc([C@H](c3nnnn3C(C)(C)C)[NH+]3CCSCC3)c(=O)[nH]c2c1. The first-order valence-electron chi connectivity index (χ1n) is 9.80. The molecule has 0 radical (unpaired) electrons. The summed E-state index contributed by atoms with van der Waals surface area (Å²) in [6.07, 6.45) is 0. The first kappa shape index (κ1) is 19.9. The maximum absolute atomic E-state index is 13.2. The number of methoxy groups -OCH3 is 1. The Bertz CT molecular complexity index is 1060. The topological polar surface area (TPSA) is 90.1 Å². The summed E-state index contributed by atoms with van der Waals surface area (Å²) in [4.78, 5) is 17.5. The summed E-state index contributed by atoms with van der Waals surface area (Å²) >= 11 is 1.95. The number of hydrogen-bond donors (Lipinski definition) is 2. The average molecular weight is 416 g/mol. The lowest BCUT2D eigenvalue weighted by Gasteiger charge is -2.32. The maximum Gasteiger partial charge on any atom is 0.258 e. The molecule has 0 amide bonds. The molecule has 1 aliphatic rings. The van der Waals surface area contributed by atoms with E-state index in [4.69, 9.17) is 4.74 Å². The number of tetrazole rings is 1. The van der Waals surface area contributed by atoms with Gasteiger partial charge >= 0.3 is 0 Å². The molecule has 0 unspecified atom stereocenters. The molecule has 0 aliphatic carbocycles. The first-order chi connectivity index (χ1) is 13.9. The van der Waals surface area contributed by atoms with Crippen LogP contribution >= 0.6 is 11.8 Å². The van der Waals surface area contributed by atoms with Gasteiger partial charge in [-0.3, -0.25) is 4.79 Å². The van der Waals surface area contributed by atoms with E-state index in [0.29, 0.717) is 11.3 Å². The summed E-state index contributed by atoms with van der Waals surface area (Å²) in [5, 5.41) is 13.6. The Kier molecular flexibility index (Phi) is 5.35. The number of thioether (sulfide) groups is 1. The van der Waals surface area contributed by atoms with Gasteiger partial charge in [0.15, 0.2) is 6.04 Å². The highest BCUT2D eigenvalue weighted by molar-refractivity contribution is 7.99. The van der Waals surface area contributed by atoms with Crippen LogP contribution < -0.4 is 15.2 Å². The normalized spacial score (nSPS) is 16.8. The van der Waals surface area contributed by atoms with E-state index >= 15 is 0 Å². The van der Waals surface area contributed by atoms with Gasteiger partial charge in [-0.05, 0) is 54.8 Å². The monoisotopic (exact) mass is 415 g/mol. The van der Waals surface area contributed by atoms with Gasteiger partial charge in [-0.15, -0.1) is 5.10 Å². The van der Waals surface area contributed by atoms with Crippen LogP contribution in [0.2, 0.25) is 0 Å². The van der Waals surface area contributed by atoms with Crippen LogP contribution in [0.3, 0.4) is 0 Å². The fourth-order valence-corrected chi connectivity index (χ4v) is 4.87. The smallest absolute Gasteiger partial charge is 0.258 e. The second-order valence-electron chi connectivity index (χ2n) is 8.33. The number of nitrogens with zero attached hydrogens (tertiary/aromatic N) is 4. The predicted molar refractivity (Wildman–Crippen MR) is 114 cm³/mol. The van der Waals surface area contributed by atoms with E-state index in [1.165, 1.54) is 4.90 Å². The Hall–Kier alpha value is -2.39. The van der Waals surface area contributed by atoms with Crippen LogP contribution in [-0.4, -0.2) is 56.9 Å². The van der Waals surface area contributed by atoms with Gasteiger partial charge in [0.25, 0.3) is 5.56 Å². The van der Waals surface area contributed by atoms with Crippen LogP contribution in [0.25, 0.3) is 10.9 Å². The maximum atomic E-state index is 13.2. The van der Waals surface area contributed by atoms with Crippen molar-refractivity contribution in [3.63, 3.8) is 0 Å². The van der Waals surface area contributed by atoms with Gasteiger partial charge in [0, 0.05) is 17.6 Å². The number of rotatable bonds is 4. The Balaban J connectivity index is 1.89. The predicted octanol–water partition coefficient (Wildman–Crippen LogP) is 0.999. The summed E-state index contributed by atoms with van der Waals surface area (Å²) in [7, 11) is 1.62. The number of pyridine rings is 1. The molecule has 3 aromatic rings. The molecule has 9 heteroatoms. The molecule has 8 nitrogen and oxygen atoms in total. The number of ether oxygens (including phenoxy) is 1. The molecule has 0 spiro atoms. The molecule has 1 saturated heterocycles. The molecular weight excluding hydrogens is 388 g/mol. The third-order valence-electron chi connectivity index (χ3n) is 5.32. The lowest BCUT2D eigenvalue weighted by Crippen LogP contribution is -3.14. The minimum Gasteiger partial charge on any atom is -0.497 e. The molecule has 1 atom stereocenters. The molecule has 2 aromatic heterocycles. The number of benzene rings is 1. The van der Waals surface area contributed by atoms with Gasteiger partial charge in [0.1, 0.15) is 5.75 Å². The number of aromatic amines is 1. The van der Waals surface area contributed by atoms with E-state index in [9.17, 15) is 4.79 Å². The number of nitrogens with one attached hydrogen (secondary N) is 2. The fraction of sp³-hybridized carbons (Fsp3) is 0.500. The van der Waals surface area contributed by atoms with Crippen LogP contribution in [0, 0.1) is 0 Å². The molecular formula is C20H27N6O2S+. The zero-order chi connectivity index (χ0) is 20.6. The number of H-pyrrole nitrogens is 1. The zero-order valence-corrected chi connectivity index (χ0v) is 18.0. The van der Waals surface area contributed by atoms with Gasteiger partial charge < -0.3 is 14.6 Å². The van der Waals surface area contributed by atoms with Crippen molar-refractivity contribution >= 4 is 22.7 Å². The van der Waals surface area contributed by atoms with Gasteiger partial charge in [0.2, 0.25) is 5.82 Å². The molecule has 29 heavy (non-hydrogen) atoms. The number of aromatic nitrogens is 5. The third kappa shape index (κ3) is 3.89. The number of quaternary nitrogens is 1. The summed E-state index contributed by atoms with van der Waals surface area (Å²) in [5.41, 5.74) is 1.07. The average Bonchev–Trinajstić information content (AvgIpc) is 3.19. The first-order valence-corrected chi connectivity index (χ1v) is 11.0. The summed E-state index contributed by atoms with van der Waals surface area (Å²) < 4.78 is 7.14. The largest absolute Gasteiger partial charge is 0.497 e. The van der Waals surface area contributed by atoms with E-state index in [1.807, 2.05) is 40.7 Å². The van der Waals surface area contributed by atoms with Crippen LogP contribution in [0.1, 0.15) is 38.2 Å². The van der Waals surface area contributed by atoms with Crippen molar-refractivity contribution in [1.29, 1.82) is 0 Å². The number of hydrogen-bond acceptors (Lipinski definition) is 6. The van der Waals surface area contributed by atoms with E-state index in [0.717, 1.165) is 41.3 Å². The second kappa shape index (κ2) is 7.79. The van der Waals surface area contributed by atoms with Crippen LogP contribution in [-0.2, 0) is 5.54 Å². The molecule has 154 valence electrons. The molecule has 0 saturated carbocycles. The molecule has 1 fully saturated rings. The van der Waals surface area contributed by atoms with Gasteiger partial charge in [-0.25, -0.2) is 4.68 Å². The van der Waals surface area contributed by atoms with Crippen molar-refractivity contribution in [2.45, 2.75) is 32.4 Å². The van der Waals surface area contributed by atoms with Crippen molar-refractivity contribution in [3.8, 4) is 5.75 Å². The fourth-order valence-electron chi connectivity index (χ4n) is 3.85. The quantitative estimate of drug-likeness (QED) is 0.661. The summed E-state index contributed by atoms with van der Waals surface area (Å²) in [6.45, 7) is 8.14. The van der Waals surface area contributed by atoms with Crippen molar-refractivity contribution in [2.75, 3.05) is 31.7 Å². The van der Waals surface area contributed by atoms with E-state index in [2.05, 4.69) is 41.3 Å². The van der Waals surface area contributed by atoms with E-state index < -0.39 is 0 Å². The highest BCUT2D eigenvalue weighted by Gasteiger charge is 2.37. The summed E-state index contributed by atoms with van der Waals surface area (Å²) in [6, 6.07) is 7.48. The minimum atomic E-state index is -0.280. The van der Waals surface area contributed by atoms with Crippen molar-refractivity contribution < 1.29 is 9.64 Å². The summed E-state index contributed by atoms with van der Waals surface area (Å²) in [5.74, 6) is 3.57. The molecule has 4 rings (SSSR count). The standard InChI is InChI=1S/C20H26N6O2S/c1-20(2,3)26-18(22-23-24-26)17(25-7-9-29-10-8-25)15-11-13-5-6-14(28-4)12-16(13)21-19(15)27/h5-6,11-12,17H,7-10H2,1-4H3,(H,21,27)/p+1/t17-/m1/s1. The lowest BCUT2D eigenvalue weighted by atomic mass is 10.0. The van der Waals surface area contributed by atoms with E-state index in [-0.39, 0.29) is 17.1 Å². The van der Waals surface area contributed by atoms with Gasteiger partial charge in [-0.1, -0.05) is 0 Å². The highest BCUT2D eigenvalue weighted by Crippen LogP contribution is 2.24. The Morgan fingerprint density at radius 3 is 2.69 bits per heavy atom. The Morgan fingerprint density at radius 1 is 1.24 bits per heavy atom. The molecule has 1 aliphatic heterocycles. The Morgan fingerprint density at radius 2 is 2.00 bits per heavy atom. The van der Waals surface area contributed by atoms with Crippen molar-refractivity contribution in [1.82, 2.24) is 25.2 Å². The minimum absolute atomic E-state index is 0.107. The van der Waals surface area contributed by atoms with Crippen LogP contribution in [0.5, 0.6) is 5.75 Å². The van der Waals surface area contributed by atoms with Gasteiger partial charge in [0.05, 0.1) is 36.8 Å². The van der Waals surface area contributed by atoms with Gasteiger partial charge in [-0.2, -0.15) is 11.8 Å². The highest BCUT2D eigenvalue weighted by atomic mass is 32.2. The molecule has 0 bridgehead atoms. The van der Waals surface area contributed by atoms with Crippen LogP contribution in [0.15, 0.2) is 29.1 Å². The number of fused-ring (bicyclic) bond motifs is 1. The molecule has 2 N–H and O–H groups in total. The van der Waals surface area contributed by atoms with Crippen molar-refractivity contribution in [2.24, 2.45) is 0 Å². The molecule has 3 heterocycles. The van der Waals surface area contributed by atoms with Crippen LogP contribution in [0.4, 0.5) is 0 Å². The molecule has 1 aromatic carbocycles. The lowest BCUT2D eigenvalue weighted by molar-refractivity contribution is -0.923. The van der Waals surface area contributed by atoms with E-state index in [1.54, 1.807) is 7.11 Å². The van der Waals surface area contributed by atoms with Crippen molar-refractivity contribution in [3.05, 3.63) is 46.0 Å². The third-order valence-corrected chi connectivity index (χ3v) is 6.31. The Labute approximate surface area is 173 Å².